The van der Waals surface area contributed by atoms with Gasteiger partial charge < -0.3 is 5.32 Å². The van der Waals surface area contributed by atoms with Gasteiger partial charge >= 0.3 is 6.18 Å². The zero-order valence-corrected chi connectivity index (χ0v) is 11.6. The fraction of sp³-hybridized carbons (Fsp3) is 0.333. The topological polar surface area (TPSA) is 37.8 Å². The molecule has 0 saturated carbocycles. The summed E-state index contributed by atoms with van der Waals surface area (Å²) in [7, 11) is 0. The standard InChI is InChI=1S/C15H16F3N3/c1-2-8-19-14(11-7-9-20-21-10-11)12-5-3-4-6-13(12)15(16,17)18/h3-7,9-10,14,19H,2,8H2,1H3. The highest BCUT2D eigenvalue weighted by molar-refractivity contribution is 5.37. The van der Waals surface area contributed by atoms with Crippen LogP contribution >= 0.6 is 0 Å². The molecule has 2 rings (SSSR count). The van der Waals surface area contributed by atoms with Crippen LogP contribution in [0, 0.1) is 0 Å². The predicted molar refractivity (Wildman–Crippen MR) is 73.6 cm³/mol. The molecule has 0 amide bonds. The second-order valence-corrected chi connectivity index (χ2v) is 4.65. The van der Waals surface area contributed by atoms with E-state index in [0.29, 0.717) is 12.1 Å². The van der Waals surface area contributed by atoms with Crippen LogP contribution in [0.2, 0.25) is 0 Å². The van der Waals surface area contributed by atoms with E-state index in [1.165, 1.54) is 24.5 Å². The van der Waals surface area contributed by atoms with Crippen LogP contribution in [0.25, 0.3) is 0 Å². The molecule has 6 heteroatoms. The van der Waals surface area contributed by atoms with Gasteiger partial charge in [0.25, 0.3) is 0 Å². The number of aromatic nitrogens is 2. The van der Waals surface area contributed by atoms with Gasteiger partial charge in [-0.3, -0.25) is 0 Å². The summed E-state index contributed by atoms with van der Waals surface area (Å²) in [5.74, 6) is 0. The summed E-state index contributed by atoms with van der Waals surface area (Å²) < 4.78 is 39.6. The summed E-state index contributed by atoms with van der Waals surface area (Å²) >= 11 is 0. The lowest BCUT2D eigenvalue weighted by atomic mass is 9.95. The Bertz CT molecular complexity index is 570. The molecule has 1 heterocycles. The van der Waals surface area contributed by atoms with Crippen LogP contribution in [-0.4, -0.2) is 16.7 Å². The number of hydrogen-bond donors (Lipinski definition) is 1. The first-order chi connectivity index (χ1) is 10.0. The Labute approximate surface area is 121 Å². The largest absolute Gasteiger partial charge is 0.416 e. The maximum Gasteiger partial charge on any atom is 0.416 e. The first-order valence-corrected chi connectivity index (χ1v) is 6.70. The first kappa shape index (κ1) is 15.4. The fourth-order valence-electron chi connectivity index (χ4n) is 2.17. The Morgan fingerprint density at radius 2 is 1.90 bits per heavy atom. The third-order valence-electron chi connectivity index (χ3n) is 3.12. The molecule has 0 aliphatic heterocycles. The number of nitrogens with one attached hydrogen (secondary N) is 1. The van der Waals surface area contributed by atoms with E-state index in [0.717, 1.165) is 12.5 Å². The third-order valence-corrected chi connectivity index (χ3v) is 3.12. The van der Waals surface area contributed by atoms with E-state index in [-0.39, 0.29) is 5.56 Å². The highest BCUT2D eigenvalue weighted by Gasteiger charge is 2.35. The molecule has 21 heavy (non-hydrogen) atoms. The number of benzene rings is 1. The fourth-order valence-corrected chi connectivity index (χ4v) is 2.17. The van der Waals surface area contributed by atoms with Gasteiger partial charge in [0.15, 0.2) is 0 Å². The van der Waals surface area contributed by atoms with Crippen molar-refractivity contribution in [2.45, 2.75) is 25.6 Å². The van der Waals surface area contributed by atoms with Crippen molar-refractivity contribution < 1.29 is 13.2 Å². The lowest BCUT2D eigenvalue weighted by Gasteiger charge is -2.23. The van der Waals surface area contributed by atoms with Crippen LogP contribution in [0.3, 0.4) is 0 Å². The molecule has 0 aliphatic rings. The van der Waals surface area contributed by atoms with Gasteiger partial charge in [0.05, 0.1) is 17.8 Å². The molecule has 0 aliphatic carbocycles. The summed E-state index contributed by atoms with van der Waals surface area (Å²) in [6.45, 7) is 2.57. The van der Waals surface area contributed by atoms with Gasteiger partial charge in [0.2, 0.25) is 0 Å². The van der Waals surface area contributed by atoms with E-state index in [1.807, 2.05) is 6.92 Å². The molecular weight excluding hydrogens is 279 g/mol. The zero-order valence-electron chi connectivity index (χ0n) is 11.6. The van der Waals surface area contributed by atoms with Crippen LogP contribution < -0.4 is 5.32 Å². The second-order valence-electron chi connectivity index (χ2n) is 4.65. The van der Waals surface area contributed by atoms with Gasteiger partial charge in [-0.15, -0.1) is 0 Å². The number of nitrogens with zero attached hydrogens (tertiary/aromatic N) is 2. The van der Waals surface area contributed by atoms with Crippen molar-refractivity contribution >= 4 is 0 Å². The van der Waals surface area contributed by atoms with E-state index in [4.69, 9.17) is 0 Å². The maximum absolute atomic E-state index is 13.2. The molecule has 112 valence electrons. The molecule has 0 bridgehead atoms. The van der Waals surface area contributed by atoms with Crippen LogP contribution in [0.5, 0.6) is 0 Å². The van der Waals surface area contributed by atoms with Crippen molar-refractivity contribution in [1.82, 2.24) is 15.5 Å². The number of halogens is 3. The van der Waals surface area contributed by atoms with E-state index >= 15 is 0 Å². The number of alkyl halides is 3. The highest BCUT2D eigenvalue weighted by Crippen LogP contribution is 2.36. The van der Waals surface area contributed by atoms with E-state index in [2.05, 4.69) is 15.5 Å². The van der Waals surface area contributed by atoms with Crippen molar-refractivity contribution in [1.29, 1.82) is 0 Å². The van der Waals surface area contributed by atoms with Gasteiger partial charge in [-0.25, -0.2) is 0 Å². The van der Waals surface area contributed by atoms with Crippen LogP contribution in [0.15, 0.2) is 42.7 Å². The van der Waals surface area contributed by atoms with Crippen LogP contribution in [-0.2, 0) is 6.18 Å². The van der Waals surface area contributed by atoms with Crippen molar-refractivity contribution in [3.8, 4) is 0 Å². The zero-order chi connectivity index (χ0) is 15.3. The lowest BCUT2D eigenvalue weighted by molar-refractivity contribution is -0.138. The summed E-state index contributed by atoms with van der Waals surface area (Å²) in [6, 6.07) is 6.72. The van der Waals surface area contributed by atoms with Gasteiger partial charge in [-0.05, 0) is 36.2 Å². The molecule has 0 radical (unpaired) electrons. The number of rotatable bonds is 5. The molecule has 3 nitrogen and oxygen atoms in total. The SMILES string of the molecule is CCCNC(c1ccnnc1)c1ccccc1C(F)(F)F. The van der Waals surface area contributed by atoms with E-state index in [1.54, 1.807) is 12.1 Å². The van der Waals surface area contributed by atoms with Crippen molar-refractivity contribution in [3.05, 3.63) is 59.4 Å². The molecule has 1 atom stereocenters. The quantitative estimate of drug-likeness (QED) is 0.916. The molecule has 0 spiro atoms. The lowest BCUT2D eigenvalue weighted by Crippen LogP contribution is -2.26. The van der Waals surface area contributed by atoms with Crippen LogP contribution in [0.1, 0.15) is 36.1 Å². The van der Waals surface area contributed by atoms with Crippen molar-refractivity contribution in [2.75, 3.05) is 6.54 Å². The molecular formula is C15H16F3N3. The molecule has 1 aromatic carbocycles. The Hall–Kier alpha value is -1.95. The van der Waals surface area contributed by atoms with E-state index < -0.39 is 17.8 Å². The van der Waals surface area contributed by atoms with Crippen molar-refractivity contribution in [3.63, 3.8) is 0 Å². The summed E-state index contributed by atoms with van der Waals surface area (Å²) in [5, 5.41) is 10.6. The molecule has 1 unspecified atom stereocenters. The van der Waals surface area contributed by atoms with Gasteiger partial charge in [0.1, 0.15) is 0 Å². The summed E-state index contributed by atoms with van der Waals surface area (Å²) in [4.78, 5) is 0. The minimum atomic E-state index is -4.39. The Morgan fingerprint density at radius 1 is 1.14 bits per heavy atom. The summed E-state index contributed by atoms with van der Waals surface area (Å²) in [5.41, 5.74) is 0.233. The smallest absolute Gasteiger partial charge is 0.306 e. The average Bonchev–Trinajstić information content (AvgIpc) is 2.48. The summed E-state index contributed by atoms with van der Waals surface area (Å²) in [6.07, 6.45) is -0.598. The normalized spacial score (nSPS) is 13.1. The van der Waals surface area contributed by atoms with Gasteiger partial charge in [-0.1, -0.05) is 25.1 Å². The molecule has 2 aromatic rings. The van der Waals surface area contributed by atoms with Crippen LogP contribution in [0.4, 0.5) is 13.2 Å². The number of hydrogen-bond acceptors (Lipinski definition) is 3. The van der Waals surface area contributed by atoms with Crippen molar-refractivity contribution in [2.24, 2.45) is 0 Å². The highest BCUT2D eigenvalue weighted by atomic mass is 19.4. The maximum atomic E-state index is 13.2. The van der Waals surface area contributed by atoms with Gasteiger partial charge in [0, 0.05) is 6.20 Å². The molecule has 0 saturated heterocycles. The molecule has 1 N–H and O–H groups in total. The third kappa shape index (κ3) is 3.78. The first-order valence-electron chi connectivity index (χ1n) is 6.70. The molecule has 0 fully saturated rings. The average molecular weight is 295 g/mol. The second kappa shape index (κ2) is 6.67. The monoisotopic (exact) mass is 295 g/mol. The van der Waals surface area contributed by atoms with E-state index in [9.17, 15) is 13.2 Å². The minimum Gasteiger partial charge on any atom is -0.306 e. The Balaban J connectivity index is 2.47. The Morgan fingerprint density at radius 3 is 2.52 bits per heavy atom. The Kier molecular flexibility index (Phi) is 4.90. The molecule has 1 aromatic heterocycles. The minimum absolute atomic E-state index is 0.200. The predicted octanol–water partition coefficient (Wildman–Crippen LogP) is 3.58. The van der Waals surface area contributed by atoms with Gasteiger partial charge in [-0.2, -0.15) is 23.4 Å².